The van der Waals surface area contributed by atoms with E-state index in [0.717, 1.165) is 23.3 Å². The van der Waals surface area contributed by atoms with Crippen molar-refractivity contribution >= 4 is 17.3 Å². The van der Waals surface area contributed by atoms with Crippen molar-refractivity contribution in [3.63, 3.8) is 0 Å². The van der Waals surface area contributed by atoms with Crippen molar-refractivity contribution < 1.29 is 0 Å². The Morgan fingerprint density at radius 2 is 2.29 bits per heavy atom. The second kappa shape index (κ2) is 7.16. The molecule has 0 amide bonds. The second-order valence-corrected chi connectivity index (χ2v) is 6.01. The van der Waals surface area contributed by atoms with E-state index in [1.54, 1.807) is 22.3 Å². The van der Waals surface area contributed by atoms with Gasteiger partial charge in [0, 0.05) is 31.7 Å². The fraction of sp³-hybridized carbons (Fsp3) is 0.538. The van der Waals surface area contributed by atoms with Crippen molar-refractivity contribution in [3.05, 3.63) is 28.2 Å². The second-order valence-electron chi connectivity index (χ2n) is 4.69. The number of guanidine groups is 1. The highest BCUT2D eigenvalue weighted by Crippen LogP contribution is 2.12. The third kappa shape index (κ3) is 4.25. The van der Waals surface area contributed by atoms with Crippen molar-refractivity contribution in [2.24, 2.45) is 12.0 Å². The zero-order valence-corrected chi connectivity index (χ0v) is 13.7. The number of aryl methyl sites for hydroxylation is 2. The van der Waals surface area contributed by atoms with Crippen molar-refractivity contribution in [1.29, 1.82) is 0 Å². The molecule has 2 heterocycles. The molecule has 0 radical (unpaired) electrons. The average Bonchev–Trinajstić information content (AvgIpc) is 3.04. The predicted molar refractivity (Wildman–Crippen MR) is 84.1 cm³/mol. The van der Waals surface area contributed by atoms with E-state index in [-0.39, 0.29) is 0 Å². The van der Waals surface area contributed by atoms with Crippen LogP contribution in [-0.4, -0.2) is 44.2 Å². The van der Waals surface area contributed by atoms with Crippen molar-refractivity contribution in [3.8, 4) is 0 Å². The highest BCUT2D eigenvalue weighted by Gasteiger charge is 2.10. The monoisotopic (exact) mass is 307 g/mol. The summed E-state index contributed by atoms with van der Waals surface area (Å²) in [7, 11) is 3.88. The molecule has 0 spiro atoms. The van der Waals surface area contributed by atoms with Crippen LogP contribution in [0.1, 0.15) is 22.6 Å². The van der Waals surface area contributed by atoms with Gasteiger partial charge < -0.3 is 10.2 Å². The first-order valence-electron chi connectivity index (χ1n) is 6.83. The molecule has 0 atom stereocenters. The molecule has 0 aromatic carbocycles. The molecular weight excluding hydrogens is 286 g/mol. The van der Waals surface area contributed by atoms with E-state index >= 15 is 0 Å². The molecule has 0 saturated carbocycles. The van der Waals surface area contributed by atoms with E-state index in [0.29, 0.717) is 13.1 Å². The van der Waals surface area contributed by atoms with Gasteiger partial charge in [0.25, 0.3) is 0 Å². The van der Waals surface area contributed by atoms with Gasteiger partial charge in [-0.15, -0.1) is 11.3 Å². The summed E-state index contributed by atoms with van der Waals surface area (Å²) in [4.78, 5) is 16.4. The smallest absolute Gasteiger partial charge is 0.194 e. The normalized spacial score (nSPS) is 11.7. The number of rotatable bonds is 5. The fourth-order valence-corrected chi connectivity index (χ4v) is 2.55. The van der Waals surface area contributed by atoms with Gasteiger partial charge in [-0.3, -0.25) is 4.68 Å². The first-order valence-corrected chi connectivity index (χ1v) is 7.65. The lowest BCUT2D eigenvalue weighted by Crippen LogP contribution is -2.39. The van der Waals surface area contributed by atoms with Gasteiger partial charge in [0.2, 0.25) is 0 Å². The summed E-state index contributed by atoms with van der Waals surface area (Å²) in [6.45, 7) is 6.16. The van der Waals surface area contributed by atoms with Crippen LogP contribution < -0.4 is 5.32 Å². The molecule has 0 aliphatic carbocycles. The Kier molecular flexibility index (Phi) is 5.26. The molecule has 2 aromatic rings. The van der Waals surface area contributed by atoms with Crippen LogP contribution >= 0.6 is 11.3 Å². The van der Waals surface area contributed by atoms with Gasteiger partial charge in [-0.25, -0.2) is 15.0 Å². The number of thiazole rings is 1. The highest BCUT2D eigenvalue weighted by atomic mass is 32.1. The molecule has 8 heteroatoms. The maximum atomic E-state index is 4.63. The first kappa shape index (κ1) is 15.4. The standard InChI is InChI=1S/C13H21N7S/c1-5-14-13(16-7-12-15-6-10(2)21-12)19(3)8-11-17-9-18-20(11)4/h6,9H,5,7-8H2,1-4H3,(H,14,16). The van der Waals surface area contributed by atoms with Crippen LogP contribution in [0.5, 0.6) is 0 Å². The SMILES string of the molecule is CCNC(=NCc1ncc(C)s1)N(C)Cc1ncnn1C. The van der Waals surface area contributed by atoms with Gasteiger partial charge in [0.1, 0.15) is 17.2 Å². The summed E-state index contributed by atoms with van der Waals surface area (Å²) in [6.07, 6.45) is 3.44. The fourth-order valence-electron chi connectivity index (χ4n) is 1.84. The number of hydrogen-bond acceptors (Lipinski definition) is 5. The zero-order chi connectivity index (χ0) is 15.2. The van der Waals surface area contributed by atoms with Crippen LogP contribution in [-0.2, 0) is 20.1 Å². The minimum atomic E-state index is 0.587. The Balaban J connectivity index is 2.04. The van der Waals surface area contributed by atoms with E-state index in [1.807, 2.05) is 25.2 Å². The molecule has 21 heavy (non-hydrogen) atoms. The van der Waals surface area contributed by atoms with Crippen LogP contribution in [0.25, 0.3) is 0 Å². The third-order valence-corrected chi connectivity index (χ3v) is 3.81. The first-order chi connectivity index (χ1) is 10.1. The number of nitrogens with one attached hydrogen (secondary N) is 1. The number of nitrogens with zero attached hydrogens (tertiary/aromatic N) is 6. The summed E-state index contributed by atoms with van der Waals surface area (Å²) >= 11 is 1.68. The third-order valence-electron chi connectivity index (χ3n) is 2.91. The molecule has 0 aliphatic rings. The van der Waals surface area contributed by atoms with Crippen LogP contribution in [0.4, 0.5) is 0 Å². The lowest BCUT2D eigenvalue weighted by Gasteiger charge is -2.21. The topological polar surface area (TPSA) is 71.2 Å². The molecule has 114 valence electrons. The van der Waals surface area contributed by atoms with E-state index in [4.69, 9.17) is 0 Å². The van der Waals surface area contributed by atoms with Gasteiger partial charge >= 0.3 is 0 Å². The number of hydrogen-bond donors (Lipinski definition) is 1. The number of aliphatic imine (C=N–C) groups is 1. The predicted octanol–water partition coefficient (Wildman–Crippen LogP) is 1.18. The van der Waals surface area contributed by atoms with E-state index in [1.165, 1.54) is 4.88 Å². The Bertz CT molecular complexity index is 601. The molecule has 0 saturated heterocycles. The van der Waals surface area contributed by atoms with Gasteiger partial charge in [0.05, 0.1) is 13.1 Å². The Morgan fingerprint density at radius 1 is 1.48 bits per heavy atom. The van der Waals surface area contributed by atoms with Crippen molar-refractivity contribution in [2.75, 3.05) is 13.6 Å². The maximum absolute atomic E-state index is 4.63. The van der Waals surface area contributed by atoms with Gasteiger partial charge in [-0.05, 0) is 13.8 Å². The summed E-state index contributed by atoms with van der Waals surface area (Å²) in [5, 5.41) is 8.39. The average molecular weight is 307 g/mol. The Morgan fingerprint density at radius 3 is 2.86 bits per heavy atom. The maximum Gasteiger partial charge on any atom is 0.194 e. The largest absolute Gasteiger partial charge is 0.357 e. The molecule has 1 N–H and O–H groups in total. The Hall–Kier alpha value is -1.96. The van der Waals surface area contributed by atoms with Gasteiger partial charge in [-0.2, -0.15) is 5.10 Å². The minimum Gasteiger partial charge on any atom is -0.357 e. The lowest BCUT2D eigenvalue weighted by molar-refractivity contribution is 0.448. The van der Waals surface area contributed by atoms with E-state index < -0.39 is 0 Å². The molecule has 0 fully saturated rings. The summed E-state index contributed by atoms with van der Waals surface area (Å²) in [6, 6.07) is 0. The molecule has 2 aromatic heterocycles. The van der Waals surface area contributed by atoms with Crippen LogP contribution in [0, 0.1) is 6.92 Å². The molecule has 0 aliphatic heterocycles. The number of aromatic nitrogens is 4. The molecule has 0 bridgehead atoms. The highest BCUT2D eigenvalue weighted by molar-refractivity contribution is 7.11. The summed E-state index contributed by atoms with van der Waals surface area (Å²) < 4.78 is 1.77. The van der Waals surface area contributed by atoms with E-state index in [9.17, 15) is 0 Å². The molecule has 2 rings (SSSR count). The van der Waals surface area contributed by atoms with Gasteiger partial charge in [-0.1, -0.05) is 0 Å². The van der Waals surface area contributed by atoms with Crippen LogP contribution in [0.3, 0.4) is 0 Å². The molecular formula is C13H21N7S. The van der Waals surface area contributed by atoms with Crippen LogP contribution in [0.2, 0.25) is 0 Å². The zero-order valence-electron chi connectivity index (χ0n) is 12.9. The van der Waals surface area contributed by atoms with Crippen LogP contribution in [0.15, 0.2) is 17.5 Å². The quantitative estimate of drug-likeness (QED) is 0.663. The van der Waals surface area contributed by atoms with Crippen molar-refractivity contribution in [1.82, 2.24) is 30.0 Å². The lowest BCUT2D eigenvalue weighted by atomic mass is 10.5. The summed E-state index contributed by atoms with van der Waals surface area (Å²) in [5.74, 6) is 1.74. The Labute approximate surface area is 128 Å². The summed E-state index contributed by atoms with van der Waals surface area (Å²) in [5.41, 5.74) is 0. The molecule has 0 unspecified atom stereocenters. The minimum absolute atomic E-state index is 0.587. The van der Waals surface area contributed by atoms with Gasteiger partial charge in [0.15, 0.2) is 5.96 Å². The van der Waals surface area contributed by atoms with Crippen molar-refractivity contribution in [2.45, 2.75) is 26.9 Å². The van der Waals surface area contributed by atoms with E-state index in [2.05, 4.69) is 39.2 Å². The molecule has 7 nitrogen and oxygen atoms in total.